The topological polar surface area (TPSA) is 44.7 Å². The molecule has 0 aliphatic carbocycles. The second kappa shape index (κ2) is 7.27. The lowest BCUT2D eigenvalue weighted by atomic mass is 10.2. The normalized spacial score (nSPS) is 18.5. The van der Waals surface area contributed by atoms with Gasteiger partial charge in [-0.1, -0.05) is 18.2 Å². The summed E-state index contributed by atoms with van der Waals surface area (Å²) in [5, 5.41) is 0. The van der Waals surface area contributed by atoms with Gasteiger partial charge in [-0.25, -0.2) is 9.97 Å². The minimum absolute atomic E-state index is 0.772. The van der Waals surface area contributed by atoms with Crippen molar-refractivity contribution in [2.24, 2.45) is 0 Å². The summed E-state index contributed by atoms with van der Waals surface area (Å²) in [6, 6.07) is 12.8. The lowest BCUT2D eigenvalue weighted by molar-refractivity contribution is 0.122. The Morgan fingerprint density at radius 2 is 1.32 bits per heavy atom. The molecule has 0 saturated carbocycles. The number of hydrogen-bond donors (Lipinski definition) is 0. The molecule has 0 radical (unpaired) electrons. The first-order valence-corrected chi connectivity index (χ1v) is 9.03. The molecule has 132 valence electrons. The first kappa shape index (κ1) is 16.1. The average molecular weight is 339 g/mol. The third-order valence-corrected chi connectivity index (χ3v) is 4.87. The van der Waals surface area contributed by atoms with Gasteiger partial charge in [-0.15, -0.1) is 0 Å². The van der Waals surface area contributed by atoms with Gasteiger partial charge in [0.1, 0.15) is 17.5 Å². The number of anilines is 3. The number of para-hydroxylation sites is 1. The molecule has 2 aromatic rings. The molecule has 0 amide bonds. The molecule has 2 fully saturated rings. The molecule has 0 atom stereocenters. The highest BCUT2D eigenvalue weighted by Gasteiger charge is 2.21. The Bertz CT molecular complexity index is 694. The zero-order valence-electron chi connectivity index (χ0n) is 14.8. The summed E-state index contributed by atoms with van der Waals surface area (Å²) in [6.45, 7) is 9.31. The third-order valence-electron chi connectivity index (χ3n) is 4.87. The van der Waals surface area contributed by atoms with Gasteiger partial charge in [0.15, 0.2) is 0 Å². The van der Waals surface area contributed by atoms with Crippen LogP contribution in [0.15, 0.2) is 36.4 Å². The van der Waals surface area contributed by atoms with Crippen LogP contribution in [0.4, 0.5) is 17.3 Å². The summed E-state index contributed by atoms with van der Waals surface area (Å²) in [4.78, 5) is 16.4. The Kier molecular flexibility index (Phi) is 4.70. The Hall–Kier alpha value is -2.34. The fourth-order valence-electron chi connectivity index (χ4n) is 3.49. The highest BCUT2D eigenvalue weighted by Crippen LogP contribution is 2.23. The summed E-state index contributed by atoms with van der Waals surface area (Å²) in [6.07, 6.45) is 0. The molecule has 1 aromatic carbocycles. The van der Waals surface area contributed by atoms with Gasteiger partial charge in [0, 0.05) is 51.0 Å². The van der Waals surface area contributed by atoms with Gasteiger partial charge in [-0.2, -0.15) is 0 Å². The first-order chi connectivity index (χ1) is 12.3. The van der Waals surface area contributed by atoms with Gasteiger partial charge in [-0.05, 0) is 19.1 Å². The fourth-order valence-corrected chi connectivity index (χ4v) is 3.49. The van der Waals surface area contributed by atoms with Crippen LogP contribution in [0.1, 0.15) is 5.82 Å². The molecule has 4 rings (SSSR count). The van der Waals surface area contributed by atoms with E-state index in [-0.39, 0.29) is 0 Å². The lowest BCUT2D eigenvalue weighted by Crippen LogP contribution is -2.47. The van der Waals surface area contributed by atoms with Crippen LogP contribution in [0.5, 0.6) is 0 Å². The molecule has 0 N–H and O–H groups in total. The second-order valence-electron chi connectivity index (χ2n) is 6.54. The maximum atomic E-state index is 5.45. The molecule has 1 aromatic heterocycles. The van der Waals surface area contributed by atoms with Crippen molar-refractivity contribution in [3.8, 4) is 0 Å². The minimum Gasteiger partial charge on any atom is -0.378 e. The van der Waals surface area contributed by atoms with Crippen LogP contribution in [0.25, 0.3) is 0 Å². The summed E-state index contributed by atoms with van der Waals surface area (Å²) < 4.78 is 5.45. The van der Waals surface area contributed by atoms with E-state index in [0.29, 0.717) is 0 Å². The van der Waals surface area contributed by atoms with Crippen LogP contribution >= 0.6 is 0 Å². The number of rotatable bonds is 3. The standard InChI is InChI=1S/C19H25N5O/c1-16-20-18(15-19(21-16)24-11-13-25-14-12-24)23-9-7-22(8-10-23)17-5-3-2-4-6-17/h2-6,15H,7-14H2,1H3. The van der Waals surface area contributed by atoms with E-state index >= 15 is 0 Å². The van der Waals surface area contributed by atoms with E-state index in [9.17, 15) is 0 Å². The van der Waals surface area contributed by atoms with Crippen LogP contribution in [-0.2, 0) is 4.74 Å². The molecule has 2 aliphatic rings. The van der Waals surface area contributed by atoms with Crippen LogP contribution in [0, 0.1) is 6.92 Å². The van der Waals surface area contributed by atoms with E-state index in [1.54, 1.807) is 0 Å². The van der Waals surface area contributed by atoms with Gasteiger partial charge >= 0.3 is 0 Å². The van der Waals surface area contributed by atoms with Crippen molar-refractivity contribution in [2.75, 3.05) is 67.2 Å². The smallest absolute Gasteiger partial charge is 0.134 e. The van der Waals surface area contributed by atoms with E-state index in [0.717, 1.165) is 69.9 Å². The number of piperazine rings is 1. The van der Waals surface area contributed by atoms with Crippen molar-refractivity contribution < 1.29 is 4.74 Å². The maximum Gasteiger partial charge on any atom is 0.134 e. The average Bonchev–Trinajstić information content (AvgIpc) is 2.69. The quantitative estimate of drug-likeness (QED) is 0.852. The number of ether oxygens (including phenoxy) is 1. The Labute approximate surface area is 149 Å². The molecule has 0 unspecified atom stereocenters. The summed E-state index contributed by atoms with van der Waals surface area (Å²) in [5.74, 6) is 2.91. The highest BCUT2D eigenvalue weighted by molar-refractivity contribution is 5.53. The molecule has 0 bridgehead atoms. The molecule has 2 aliphatic heterocycles. The number of morpholine rings is 1. The zero-order valence-corrected chi connectivity index (χ0v) is 14.8. The lowest BCUT2D eigenvalue weighted by Gasteiger charge is -2.37. The van der Waals surface area contributed by atoms with Crippen LogP contribution in [0.3, 0.4) is 0 Å². The second-order valence-corrected chi connectivity index (χ2v) is 6.54. The van der Waals surface area contributed by atoms with Gasteiger partial charge in [-0.3, -0.25) is 0 Å². The van der Waals surface area contributed by atoms with Crippen LogP contribution in [0.2, 0.25) is 0 Å². The number of hydrogen-bond acceptors (Lipinski definition) is 6. The van der Waals surface area contributed by atoms with E-state index in [2.05, 4.69) is 61.1 Å². The monoisotopic (exact) mass is 339 g/mol. The van der Waals surface area contributed by atoms with Gasteiger partial charge in [0.25, 0.3) is 0 Å². The largest absolute Gasteiger partial charge is 0.378 e. The predicted octanol–water partition coefficient (Wildman–Crippen LogP) is 1.95. The summed E-state index contributed by atoms with van der Waals surface area (Å²) in [7, 11) is 0. The highest BCUT2D eigenvalue weighted by atomic mass is 16.5. The van der Waals surface area contributed by atoms with Crippen molar-refractivity contribution in [1.29, 1.82) is 0 Å². The fraction of sp³-hybridized carbons (Fsp3) is 0.474. The van der Waals surface area contributed by atoms with Gasteiger partial charge < -0.3 is 19.4 Å². The Morgan fingerprint density at radius 3 is 1.96 bits per heavy atom. The summed E-state index contributed by atoms with van der Waals surface area (Å²) >= 11 is 0. The molecule has 2 saturated heterocycles. The number of nitrogens with zero attached hydrogens (tertiary/aromatic N) is 5. The minimum atomic E-state index is 0.772. The van der Waals surface area contributed by atoms with E-state index in [4.69, 9.17) is 4.74 Å². The van der Waals surface area contributed by atoms with Crippen molar-refractivity contribution >= 4 is 17.3 Å². The van der Waals surface area contributed by atoms with Crippen molar-refractivity contribution in [3.63, 3.8) is 0 Å². The first-order valence-electron chi connectivity index (χ1n) is 9.03. The molecule has 25 heavy (non-hydrogen) atoms. The number of benzene rings is 1. The third kappa shape index (κ3) is 3.69. The molecule has 6 nitrogen and oxygen atoms in total. The SMILES string of the molecule is Cc1nc(N2CCOCC2)cc(N2CCN(c3ccccc3)CC2)n1. The van der Waals surface area contributed by atoms with Crippen LogP contribution < -0.4 is 14.7 Å². The van der Waals surface area contributed by atoms with Crippen molar-refractivity contribution in [1.82, 2.24) is 9.97 Å². The molecular formula is C19H25N5O. The Morgan fingerprint density at radius 1 is 0.760 bits per heavy atom. The molecule has 3 heterocycles. The van der Waals surface area contributed by atoms with Gasteiger partial charge in [0.05, 0.1) is 13.2 Å². The van der Waals surface area contributed by atoms with E-state index in [1.807, 2.05) is 6.92 Å². The Balaban J connectivity index is 1.46. The predicted molar refractivity (Wildman–Crippen MR) is 101 cm³/mol. The zero-order chi connectivity index (χ0) is 17.1. The molecule has 6 heteroatoms. The summed E-state index contributed by atoms with van der Waals surface area (Å²) in [5.41, 5.74) is 1.30. The molecule has 0 spiro atoms. The number of aryl methyl sites for hydroxylation is 1. The van der Waals surface area contributed by atoms with E-state index in [1.165, 1.54) is 5.69 Å². The van der Waals surface area contributed by atoms with E-state index < -0.39 is 0 Å². The van der Waals surface area contributed by atoms with Crippen molar-refractivity contribution in [2.45, 2.75) is 6.92 Å². The van der Waals surface area contributed by atoms with Crippen molar-refractivity contribution in [3.05, 3.63) is 42.2 Å². The maximum absolute atomic E-state index is 5.45. The van der Waals surface area contributed by atoms with Gasteiger partial charge in [0.2, 0.25) is 0 Å². The molecular weight excluding hydrogens is 314 g/mol. The van der Waals surface area contributed by atoms with Crippen LogP contribution in [-0.4, -0.2) is 62.5 Å². The number of aromatic nitrogens is 2.